The summed E-state index contributed by atoms with van der Waals surface area (Å²) in [5, 5.41) is 0. The van der Waals surface area contributed by atoms with Gasteiger partial charge in [-0.25, -0.2) is 0 Å². The first kappa shape index (κ1) is 25.3. The molecule has 0 spiro atoms. The van der Waals surface area contributed by atoms with Gasteiger partial charge < -0.3 is 28.4 Å². The lowest BCUT2D eigenvalue weighted by Gasteiger charge is -2.45. The fraction of sp³-hybridized carbons (Fsp3) is 0.407. The Morgan fingerprint density at radius 1 is 0.758 bits per heavy atom. The standard InChI is InChI=1S/C27H34O6/c1-4-16-30-25-24(32-19-22-14-10-7-11-15-22)23(20-29-18-21-12-8-6-9-13-21)33-27(28-3)26(25)31-17-5-2/h4-15,23-27H,1-2,16-20H2,3H3/t23-,24-,25+,26+,27+/m1/s1. The van der Waals surface area contributed by atoms with Gasteiger partial charge in [0, 0.05) is 7.11 Å². The van der Waals surface area contributed by atoms with Crippen molar-refractivity contribution in [1.82, 2.24) is 0 Å². The maximum Gasteiger partial charge on any atom is 0.186 e. The van der Waals surface area contributed by atoms with Crippen LogP contribution >= 0.6 is 0 Å². The molecule has 2 aromatic rings. The van der Waals surface area contributed by atoms with Crippen LogP contribution in [-0.2, 0) is 41.6 Å². The third kappa shape index (κ3) is 7.61. The predicted molar refractivity (Wildman–Crippen MR) is 127 cm³/mol. The van der Waals surface area contributed by atoms with Crippen LogP contribution in [0.4, 0.5) is 0 Å². The van der Waals surface area contributed by atoms with Gasteiger partial charge in [0.1, 0.15) is 24.4 Å². The number of ether oxygens (including phenoxy) is 6. The molecule has 0 N–H and O–H groups in total. The van der Waals surface area contributed by atoms with Crippen molar-refractivity contribution in [3.63, 3.8) is 0 Å². The van der Waals surface area contributed by atoms with Crippen molar-refractivity contribution in [2.75, 3.05) is 26.9 Å². The molecule has 1 aliphatic rings. The lowest BCUT2D eigenvalue weighted by molar-refractivity contribution is -0.317. The van der Waals surface area contributed by atoms with E-state index in [0.717, 1.165) is 11.1 Å². The molecule has 0 bridgehead atoms. The summed E-state index contributed by atoms with van der Waals surface area (Å²) >= 11 is 0. The van der Waals surface area contributed by atoms with Gasteiger partial charge in [-0.1, -0.05) is 72.8 Å². The van der Waals surface area contributed by atoms with Gasteiger partial charge in [0.25, 0.3) is 0 Å². The van der Waals surface area contributed by atoms with Gasteiger partial charge in [-0.2, -0.15) is 0 Å². The molecule has 2 aromatic carbocycles. The molecule has 1 saturated heterocycles. The van der Waals surface area contributed by atoms with E-state index in [2.05, 4.69) is 13.2 Å². The van der Waals surface area contributed by atoms with E-state index in [4.69, 9.17) is 28.4 Å². The fourth-order valence-corrected chi connectivity index (χ4v) is 3.76. The second-order valence-corrected chi connectivity index (χ2v) is 7.71. The lowest BCUT2D eigenvalue weighted by Crippen LogP contribution is -2.61. The molecule has 5 atom stereocenters. The molecular weight excluding hydrogens is 420 g/mol. The summed E-state index contributed by atoms with van der Waals surface area (Å²) in [5.41, 5.74) is 2.14. The van der Waals surface area contributed by atoms with Gasteiger partial charge in [0.05, 0.1) is 33.0 Å². The Morgan fingerprint density at radius 2 is 1.33 bits per heavy atom. The second kappa shape index (κ2) is 14.1. The Kier molecular flexibility index (Phi) is 10.8. The predicted octanol–water partition coefficient (Wildman–Crippen LogP) is 4.30. The molecule has 0 aromatic heterocycles. The average Bonchev–Trinajstić information content (AvgIpc) is 2.86. The van der Waals surface area contributed by atoms with Gasteiger partial charge in [0.2, 0.25) is 0 Å². The third-order valence-corrected chi connectivity index (χ3v) is 5.32. The maximum absolute atomic E-state index is 6.37. The van der Waals surface area contributed by atoms with Crippen LogP contribution in [0.5, 0.6) is 0 Å². The molecule has 1 heterocycles. The van der Waals surface area contributed by atoms with E-state index in [1.165, 1.54) is 0 Å². The molecule has 0 unspecified atom stereocenters. The molecule has 1 aliphatic heterocycles. The first-order valence-electron chi connectivity index (χ1n) is 11.2. The molecule has 3 rings (SSSR count). The zero-order valence-electron chi connectivity index (χ0n) is 19.2. The van der Waals surface area contributed by atoms with E-state index < -0.39 is 30.7 Å². The molecule has 0 amide bonds. The topological polar surface area (TPSA) is 55.4 Å². The molecule has 0 saturated carbocycles. The number of benzene rings is 2. The van der Waals surface area contributed by atoms with E-state index in [-0.39, 0.29) is 0 Å². The molecule has 1 fully saturated rings. The minimum Gasteiger partial charge on any atom is -0.374 e. The Hall–Kier alpha value is -2.32. The van der Waals surface area contributed by atoms with Gasteiger partial charge in [-0.15, -0.1) is 13.2 Å². The smallest absolute Gasteiger partial charge is 0.186 e. The summed E-state index contributed by atoms with van der Waals surface area (Å²) in [6, 6.07) is 20.0. The van der Waals surface area contributed by atoms with Gasteiger partial charge >= 0.3 is 0 Å². The second-order valence-electron chi connectivity index (χ2n) is 7.71. The SMILES string of the molecule is C=CCO[C@@H]1[C@H](OCC=C)[C@@H](OC)O[C@H](COCc2ccccc2)[C@H]1OCc1ccccc1. The van der Waals surface area contributed by atoms with Crippen molar-refractivity contribution in [1.29, 1.82) is 0 Å². The molecule has 33 heavy (non-hydrogen) atoms. The molecule has 0 radical (unpaired) electrons. The van der Waals surface area contributed by atoms with Crippen LogP contribution in [0.2, 0.25) is 0 Å². The number of rotatable bonds is 14. The molecule has 6 nitrogen and oxygen atoms in total. The van der Waals surface area contributed by atoms with Crippen LogP contribution < -0.4 is 0 Å². The highest BCUT2D eigenvalue weighted by Crippen LogP contribution is 2.30. The lowest BCUT2D eigenvalue weighted by atomic mass is 9.98. The quantitative estimate of drug-likeness (QED) is 0.397. The fourth-order valence-electron chi connectivity index (χ4n) is 3.76. The van der Waals surface area contributed by atoms with E-state index in [1.807, 2.05) is 60.7 Å². The highest BCUT2D eigenvalue weighted by molar-refractivity contribution is 5.14. The van der Waals surface area contributed by atoms with Crippen molar-refractivity contribution in [3.8, 4) is 0 Å². The maximum atomic E-state index is 6.37. The van der Waals surface area contributed by atoms with Gasteiger partial charge in [0.15, 0.2) is 6.29 Å². The van der Waals surface area contributed by atoms with Crippen LogP contribution in [0.1, 0.15) is 11.1 Å². The van der Waals surface area contributed by atoms with E-state index in [0.29, 0.717) is 33.0 Å². The van der Waals surface area contributed by atoms with E-state index in [9.17, 15) is 0 Å². The van der Waals surface area contributed by atoms with Crippen molar-refractivity contribution >= 4 is 0 Å². The normalized spacial score (nSPS) is 24.9. The average molecular weight is 455 g/mol. The van der Waals surface area contributed by atoms with Crippen LogP contribution in [-0.4, -0.2) is 57.6 Å². The van der Waals surface area contributed by atoms with Crippen molar-refractivity contribution in [2.45, 2.75) is 43.9 Å². The summed E-state index contributed by atoms with van der Waals surface area (Å²) in [5.74, 6) is 0. The zero-order chi connectivity index (χ0) is 23.3. The highest BCUT2D eigenvalue weighted by atomic mass is 16.7. The largest absolute Gasteiger partial charge is 0.374 e. The van der Waals surface area contributed by atoms with Crippen LogP contribution in [0, 0.1) is 0 Å². The summed E-state index contributed by atoms with van der Waals surface area (Å²) in [6.07, 6.45) is 0.947. The summed E-state index contributed by atoms with van der Waals surface area (Å²) in [7, 11) is 1.59. The Balaban J connectivity index is 1.77. The van der Waals surface area contributed by atoms with Crippen molar-refractivity contribution in [2.24, 2.45) is 0 Å². The van der Waals surface area contributed by atoms with Gasteiger partial charge in [-0.05, 0) is 11.1 Å². The van der Waals surface area contributed by atoms with Crippen molar-refractivity contribution in [3.05, 3.63) is 97.1 Å². The zero-order valence-corrected chi connectivity index (χ0v) is 19.2. The monoisotopic (exact) mass is 454 g/mol. The van der Waals surface area contributed by atoms with Crippen LogP contribution in [0.15, 0.2) is 86.0 Å². The first-order valence-corrected chi connectivity index (χ1v) is 11.2. The number of methoxy groups -OCH3 is 1. The Labute approximate surface area is 196 Å². The molecule has 6 heteroatoms. The Bertz CT molecular complexity index is 812. The van der Waals surface area contributed by atoms with Gasteiger partial charge in [-0.3, -0.25) is 0 Å². The third-order valence-electron chi connectivity index (χ3n) is 5.32. The number of hydrogen-bond donors (Lipinski definition) is 0. The Morgan fingerprint density at radius 3 is 1.91 bits per heavy atom. The summed E-state index contributed by atoms with van der Waals surface area (Å²) in [4.78, 5) is 0. The summed E-state index contributed by atoms with van der Waals surface area (Å²) < 4.78 is 36.4. The molecule has 178 valence electrons. The van der Waals surface area contributed by atoms with E-state index in [1.54, 1.807) is 19.3 Å². The molecule has 0 aliphatic carbocycles. The molecular formula is C27H34O6. The number of hydrogen-bond acceptors (Lipinski definition) is 6. The van der Waals surface area contributed by atoms with Crippen LogP contribution in [0.3, 0.4) is 0 Å². The van der Waals surface area contributed by atoms with E-state index >= 15 is 0 Å². The van der Waals surface area contributed by atoms with Crippen LogP contribution in [0.25, 0.3) is 0 Å². The highest BCUT2D eigenvalue weighted by Gasteiger charge is 2.48. The minimum atomic E-state index is -0.637. The van der Waals surface area contributed by atoms with Crippen molar-refractivity contribution < 1.29 is 28.4 Å². The minimum absolute atomic E-state index is 0.316. The summed E-state index contributed by atoms with van der Waals surface area (Å²) in [6.45, 7) is 9.40. The first-order chi connectivity index (χ1) is 16.3.